The van der Waals surface area contributed by atoms with E-state index in [4.69, 9.17) is 5.11 Å². The predicted octanol–water partition coefficient (Wildman–Crippen LogP) is 2.44. The third-order valence-electron chi connectivity index (χ3n) is 4.58. The molecule has 1 saturated carbocycles. The number of carbonyl (C=O) groups is 2. The van der Waals surface area contributed by atoms with Crippen LogP contribution in [0.2, 0.25) is 0 Å². The SMILES string of the molecule is O=C(O)[C@@H]1CC[C@H](C(=O)N(Cc2ccccc2)Cc2ccn[nH]2)C1. The van der Waals surface area contributed by atoms with Crippen LogP contribution in [0.25, 0.3) is 0 Å². The van der Waals surface area contributed by atoms with E-state index < -0.39 is 11.9 Å². The quantitative estimate of drug-likeness (QED) is 0.853. The van der Waals surface area contributed by atoms with Gasteiger partial charge in [-0.15, -0.1) is 0 Å². The Morgan fingerprint density at radius 3 is 2.50 bits per heavy atom. The third-order valence-corrected chi connectivity index (χ3v) is 4.58. The zero-order valence-corrected chi connectivity index (χ0v) is 13.4. The van der Waals surface area contributed by atoms with Crippen LogP contribution in [0.5, 0.6) is 0 Å². The van der Waals surface area contributed by atoms with Gasteiger partial charge in [-0.1, -0.05) is 30.3 Å². The van der Waals surface area contributed by atoms with Crippen LogP contribution < -0.4 is 0 Å². The van der Waals surface area contributed by atoms with Crippen LogP contribution in [0.3, 0.4) is 0 Å². The highest BCUT2D eigenvalue weighted by Crippen LogP contribution is 2.33. The molecule has 0 bridgehead atoms. The summed E-state index contributed by atoms with van der Waals surface area (Å²) in [4.78, 5) is 25.9. The Hall–Kier alpha value is -2.63. The summed E-state index contributed by atoms with van der Waals surface area (Å²) >= 11 is 0. The molecule has 1 aromatic heterocycles. The van der Waals surface area contributed by atoms with Gasteiger partial charge in [-0.25, -0.2) is 0 Å². The molecule has 1 fully saturated rings. The van der Waals surface area contributed by atoms with Crippen molar-refractivity contribution >= 4 is 11.9 Å². The fourth-order valence-corrected chi connectivity index (χ4v) is 3.28. The first-order valence-electron chi connectivity index (χ1n) is 8.17. The summed E-state index contributed by atoms with van der Waals surface area (Å²) in [5.74, 6) is -1.38. The number of nitrogens with zero attached hydrogens (tertiary/aromatic N) is 2. The van der Waals surface area contributed by atoms with Crippen LogP contribution in [0.4, 0.5) is 0 Å². The van der Waals surface area contributed by atoms with Crippen molar-refractivity contribution in [2.75, 3.05) is 0 Å². The molecule has 24 heavy (non-hydrogen) atoms. The largest absolute Gasteiger partial charge is 0.481 e. The molecular weight excluding hydrogens is 306 g/mol. The van der Waals surface area contributed by atoms with Crippen molar-refractivity contribution in [3.63, 3.8) is 0 Å². The van der Waals surface area contributed by atoms with Crippen molar-refractivity contribution in [3.05, 3.63) is 53.9 Å². The smallest absolute Gasteiger partial charge is 0.306 e. The normalized spacial score (nSPS) is 20.0. The van der Waals surface area contributed by atoms with Crippen LogP contribution >= 0.6 is 0 Å². The first-order valence-corrected chi connectivity index (χ1v) is 8.17. The molecule has 1 amide bonds. The molecule has 1 aliphatic rings. The summed E-state index contributed by atoms with van der Waals surface area (Å²) < 4.78 is 0. The number of H-pyrrole nitrogens is 1. The minimum atomic E-state index is -0.798. The van der Waals surface area contributed by atoms with Crippen LogP contribution in [0.1, 0.15) is 30.5 Å². The number of hydrogen-bond donors (Lipinski definition) is 2. The van der Waals surface area contributed by atoms with Gasteiger partial charge in [0.25, 0.3) is 0 Å². The number of rotatable bonds is 6. The molecule has 0 unspecified atom stereocenters. The van der Waals surface area contributed by atoms with Gasteiger partial charge in [0.05, 0.1) is 18.2 Å². The predicted molar refractivity (Wildman–Crippen MR) is 87.8 cm³/mol. The molecule has 0 spiro atoms. The number of carboxylic acid groups (broad SMARTS) is 1. The Morgan fingerprint density at radius 2 is 1.88 bits per heavy atom. The van der Waals surface area contributed by atoms with Gasteiger partial charge in [-0.2, -0.15) is 5.10 Å². The molecule has 126 valence electrons. The zero-order chi connectivity index (χ0) is 16.9. The van der Waals surface area contributed by atoms with E-state index in [-0.39, 0.29) is 11.8 Å². The number of carbonyl (C=O) groups excluding carboxylic acids is 1. The van der Waals surface area contributed by atoms with E-state index in [1.807, 2.05) is 36.4 Å². The standard InChI is InChI=1S/C18H21N3O3/c22-17(14-6-7-15(10-14)18(23)24)21(12-16-8-9-19-20-16)11-13-4-2-1-3-5-13/h1-5,8-9,14-15H,6-7,10-12H2,(H,19,20)(H,23,24)/t14-,15+/m0/s1. The molecule has 1 aliphatic carbocycles. The Labute approximate surface area is 140 Å². The topological polar surface area (TPSA) is 86.3 Å². The molecular formula is C18H21N3O3. The fraction of sp³-hybridized carbons (Fsp3) is 0.389. The number of carboxylic acids is 1. The summed E-state index contributed by atoms with van der Waals surface area (Å²) in [5, 5.41) is 16.0. The lowest BCUT2D eigenvalue weighted by atomic mass is 10.0. The average molecular weight is 327 g/mol. The van der Waals surface area contributed by atoms with Gasteiger partial charge in [0.15, 0.2) is 0 Å². The molecule has 2 N–H and O–H groups in total. The second kappa shape index (κ2) is 7.29. The number of nitrogens with one attached hydrogen (secondary N) is 1. The molecule has 0 aliphatic heterocycles. The van der Waals surface area contributed by atoms with Crippen molar-refractivity contribution in [2.24, 2.45) is 11.8 Å². The van der Waals surface area contributed by atoms with Gasteiger partial charge < -0.3 is 10.0 Å². The maximum atomic E-state index is 12.9. The first-order chi connectivity index (χ1) is 11.6. The number of benzene rings is 1. The van der Waals surface area contributed by atoms with Crippen LogP contribution in [-0.4, -0.2) is 32.1 Å². The summed E-state index contributed by atoms with van der Waals surface area (Å²) in [7, 11) is 0. The van der Waals surface area contributed by atoms with Crippen molar-refractivity contribution in [3.8, 4) is 0 Å². The van der Waals surface area contributed by atoms with Gasteiger partial charge >= 0.3 is 5.97 Å². The number of aromatic nitrogens is 2. The number of aromatic amines is 1. The summed E-state index contributed by atoms with van der Waals surface area (Å²) in [6, 6.07) is 11.7. The molecule has 0 saturated heterocycles. The summed E-state index contributed by atoms with van der Waals surface area (Å²) in [6.07, 6.45) is 3.32. The maximum Gasteiger partial charge on any atom is 0.306 e. The van der Waals surface area contributed by atoms with E-state index in [2.05, 4.69) is 10.2 Å². The Kier molecular flexibility index (Phi) is 4.93. The maximum absolute atomic E-state index is 12.9. The summed E-state index contributed by atoms with van der Waals surface area (Å²) in [6.45, 7) is 0.953. The molecule has 6 heteroatoms. The van der Waals surface area contributed by atoms with Gasteiger partial charge in [-0.05, 0) is 30.9 Å². The molecule has 2 atom stereocenters. The fourth-order valence-electron chi connectivity index (χ4n) is 3.28. The zero-order valence-electron chi connectivity index (χ0n) is 13.4. The molecule has 2 aromatic rings. The van der Waals surface area contributed by atoms with Gasteiger partial charge in [0.1, 0.15) is 0 Å². The minimum Gasteiger partial charge on any atom is -0.481 e. The number of aliphatic carboxylic acids is 1. The first kappa shape index (κ1) is 16.2. The Bertz CT molecular complexity index is 685. The third kappa shape index (κ3) is 3.82. The number of amides is 1. The molecule has 6 nitrogen and oxygen atoms in total. The lowest BCUT2D eigenvalue weighted by Gasteiger charge is -2.25. The van der Waals surface area contributed by atoms with Crippen molar-refractivity contribution in [1.29, 1.82) is 0 Å². The molecule has 1 heterocycles. The highest BCUT2D eigenvalue weighted by molar-refractivity contribution is 5.81. The van der Waals surface area contributed by atoms with E-state index in [1.165, 1.54) is 0 Å². The van der Waals surface area contributed by atoms with Gasteiger partial charge in [0.2, 0.25) is 5.91 Å². The Balaban J connectivity index is 1.73. The van der Waals surface area contributed by atoms with Gasteiger partial charge in [0, 0.05) is 18.7 Å². The van der Waals surface area contributed by atoms with E-state index >= 15 is 0 Å². The van der Waals surface area contributed by atoms with Crippen molar-refractivity contribution < 1.29 is 14.7 Å². The molecule has 0 radical (unpaired) electrons. The van der Waals surface area contributed by atoms with Crippen LogP contribution in [-0.2, 0) is 22.7 Å². The number of hydrogen-bond acceptors (Lipinski definition) is 3. The Morgan fingerprint density at radius 1 is 1.12 bits per heavy atom. The van der Waals surface area contributed by atoms with Gasteiger partial charge in [-0.3, -0.25) is 14.7 Å². The van der Waals surface area contributed by atoms with E-state index in [9.17, 15) is 9.59 Å². The van der Waals surface area contributed by atoms with E-state index in [1.54, 1.807) is 11.1 Å². The lowest BCUT2D eigenvalue weighted by Crippen LogP contribution is -2.35. The second-order valence-electron chi connectivity index (χ2n) is 6.31. The minimum absolute atomic E-state index is 0.0252. The average Bonchev–Trinajstić information content (AvgIpc) is 3.26. The van der Waals surface area contributed by atoms with E-state index in [0.29, 0.717) is 32.4 Å². The second-order valence-corrected chi connectivity index (χ2v) is 6.31. The summed E-state index contributed by atoms with van der Waals surface area (Å²) in [5.41, 5.74) is 1.92. The lowest BCUT2D eigenvalue weighted by molar-refractivity contribution is -0.141. The molecule has 3 rings (SSSR count). The highest BCUT2D eigenvalue weighted by atomic mass is 16.4. The van der Waals surface area contributed by atoms with Crippen LogP contribution in [0.15, 0.2) is 42.6 Å². The monoisotopic (exact) mass is 327 g/mol. The van der Waals surface area contributed by atoms with E-state index in [0.717, 1.165) is 11.3 Å². The van der Waals surface area contributed by atoms with Crippen molar-refractivity contribution in [2.45, 2.75) is 32.4 Å². The van der Waals surface area contributed by atoms with Crippen LogP contribution in [0, 0.1) is 11.8 Å². The molecule has 1 aromatic carbocycles. The highest BCUT2D eigenvalue weighted by Gasteiger charge is 2.36. The van der Waals surface area contributed by atoms with Crippen molar-refractivity contribution in [1.82, 2.24) is 15.1 Å².